The predicted octanol–water partition coefficient (Wildman–Crippen LogP) is 6.44. The number of esters is 1. The van der Waals surface area contributed by atoms with Crippen molar-refractivity contribution in [1.82, 2.24) is 0 Å². The van der Waals surface area contributed by atoms with Gasteiger partial charge in [-0.2, -0.15) is 0 Å². The van der Waals surface area contributed by atoms with Crippen molar-refractivity contribution in [2.24, 2.45) is 11.8 Å². The fourth-order valence-electron chi connectivity index (χ4n) is 5.03. The van der Waals surface area contributed by atoms with Gasteiger partial charge in [0, 0.05) is 18.3 Å². The van der Waals surface area contributed by atoms with Gasteiger partial charge in [-0.3, -0.25) is 4.79 Å². The van der Waals surface area contributed by atoms with Gasteiger partial charge in [0.05, 0.1) is 25.4 Å². The Morgan fingerprint density at radius 2 is 1.88 bits per heavy atom. The van der Waals surface area contributed by atoms with Gasteiger partial charge in [0.15, 0.2) is 0 Å². The van der Waals surface area contributed by atoms with Crippen molar-refractivity contribution in [1.29, 1.82) is 0 Å². The molecule has 4 atom stereocenters. The smallest absolute Gasteiger partial charge is 0.313 e. The molecule has 0 bridgehead atoms. The number of aliphatic hydroxyl groups excluding tert-OH is 1. The second-order valence-electron chi connectivity index (χ2n) is 9.76. The molecular weight excluding hydrogens is 416 g/mol. The molecule has 176 valence electrons. The quantitative estimate of drug-likeness (QED) is 0.513. The van der Waals surface area contributed by atoms with Crippen molar-refractivity contribution in [2.45, 2.75) is 59.0 Å². The Morgan fingerprint density at radius 1 is 1.18 bits per heavy atom. The molecule has 5 nitrogen and oxygen atoms in total. The number of allylic oxidation sites excluding steroid dienone is 4. The summed E-state index contributed by atoms with van der Waals surface area (Å²) < 4.78 is 17.3. The molecule has 0 saturated carbocycles. The van der Waals surface area contributed by atoms with E-state index in [4.69, 9.17) is 14.2 Å². The first kappa shape index (κ1) is 23.2. The first-order chi connectivity index (χ1) is 15.6. The van der Waals surface area contributed by atoms with E-state index in [1.807, 2.05) is 64.1 Å². The standard InChI is InChI=1S/C28H34O5/c1-16-17(2)26-24(19(4)25(16)29)15-28(5,33-26)11-12-32-27(30)18(3)20-7-8-22-14-23(31-6)10-9-21(22)13-20/h7-10,13-14,18-19,24,29H,11-12,15H2,1-6H3. The maximum absolute atomic E-state index is 12.8. The second-order valence-corrected chi connectivity index (χ2v) is 9.76. The Labute approximate surface area is 196 Å². The van der Waals surface area contributed by atoms with Crippen LogP contribution in [0.4, 0.5) is 0 Å². The summed E-state index contributed by atoms with van der Waals surface area (Å²) in [5.74, 6) is 1.87. The van der Waals surface area contributed by atoms with Gasteiger partial charge in [-0.05, 0) is 73.7 Å². The lowest BCUT2D eigenvalue weighted by Gasteiger charge is -2.27. The van der Waals surface area contributed by atoms with E-state index in [0.29, 0.717) is 18.8 Å². The number of hydrogen-bond acceptors (Lipinski definition) is 5. The van der Waals surface area contributed by atoms with Gasteiger partial charge < -0.3 is 19.3 Å². The van der Waals surface area contributed by atoms with Crippen molar-refractivity contribution < 1.29 is 24.1 Å². The Morgan fingerprint density at radius 3 is 2.61 bits per heavy atom. The Hall–Kier alpha value is -2.95. The molecule has 0 aromatic heterocycles. The summed E-state index contributed by atoms with van der Waals surface area (Å²) in [6, 6.07) is 11.9. The zero-order valence-electron chi connectivity index (χ0n) is 20.4. The minimum absolute atomic E-state index is 0.0426. The van der Waals surface area contributed by atoms with Crippen LogP contribution in [0, 0.1) is 11.8 Å². The molecule has 1 fully saturated rings. The van der Waals surface area contributed by atoms with E-state index in [1.165, 1.54) is 0 Å². The number of hydrogen-bond donors (Lipinski definition) is 1. The van der Waals surface area contributed by atoms with Crippen LogP contribution in [0.25, 0.3) is 10.8 Å². The Balaban J connectivity index is 1.37. The van der Waals surface area contributed by atoms with E-state index < -0.39 is 5.60 Å². The van der Waals surface area contributed by atoms with Gasteiger partial charge in [-0.15, -0.1) is 0 Å². The van der Waals surface area contributed by atoms with Crippen LogP contribution in [-0.2, 0) is 14.3 Å². The fourth-order valence-corrected chi connectivity index (χ4v) is 5.03. The zero-order chi connectivity index (χ0) is 23.9. The Kier molecular flexibility index (Phi) is 6.17. The van der Waals surface area contributed by atoms with E-state index in [-0.39, 0.29) is 23.7 Å². The topological polar surface area (TPSA) is 65.0 Å². The number of fused-ring (bicyclic) bond motifs is 2. The van der Waals surface area contributed by atoms with Gasteiger partial charge in [-0.25, -0.2) is 0 Å². The summed E-state index contributed by atoms with van der Waals surface area (Å²) >= 11 is 0. The molecule has 5 heteroatoms. The summed E-state index contributed by atoms with van der Waals surface area (Å²) in [5, 5.41) is 12.6. The van der Waals surface area contributed by atoms with Crippen LogP contribution in [0.1, 0.15) is 58.9 Å². The number of carbonyl (C=O) groups excluding carboxylic acids is 1. The highest BCUT2D eigenvalue weighted by atomic mass is 16.5. The molecule has 1 saturated heterocycles. The number of aliphatic hydroxyl groups is 1. The molecule has 0 radical (unpaired) electrons. The number of benzene rings is 2. The van der Waals surface area contributed by atoms with Crippen molar-refractivity contribution >= 4 is 16.7 Å². The van der Waals surface area contributed by atoms with Crippen molar-refractivity contribution in [3.8, 4) is 5.75 Å². The summed E-state index contributed by atoms with van der Waals surface area (Å²) in [5.41, 5.74) is 2.45. The Bertz CT molecular complexity index is 1140. The maximum Gasteiger partial charge on any atom is 0.313 e. The normalized spacial score (nSPS) is 25.6. The van der Waals surface area contributed by atoms with Crippen molar-refractivity contribution in [3.05, 3.63) is 64.6 Å². The van der Waals surface area contributed by atoms with E-state index in [9.17, 15) is 9.90 Å². The van der Waals surface area contributed by atoms with E-state index in [2.05, 4.69) is 6.92 Å². The lowest BCUT2D eigenvalue weighted by atomic mass is 9.77. The molecule has 1 aliphatic heterocycles. The number of methoxy groups -OCH3 is 1. The maximum atomic E-state index is 12.8. The highest BCUT2D eigenvalue weighted by Crippen LogP contribution is 2.50. The third kappa shape index (κ3) is 4.33. The minimum atomic E-state index is -0.411. The summed E-state index contributed by atoms with van der Waals surface area (Å²) in [7, 11) is 1.65. The van der Waals surface area contributed by atoms with E-state index in [0.717, 1.165) is 45.4 Å². The van der Waals surface area contributed by atoms with Crippen LogP contribution < -0.4 is 4.74 Å². The molecule has 4 rings (SSSR count). The highest BCUT2D eigenvalue weighted by molar-refractivity contribution is 5.86. The number of carbonyl (C=O) groups is 1. The molecule has 33 heavy (non-hydrogen) atoms. The number of rotatable bonds is 6. The van der Waals surface area contributed by atoms with Crippen LogP contribution in [-0.4, -0.2) is 30.4 Å². The van der Waals surface area contributed by atoms with Gasteiger partial charge in [0.2, 0.25) is 0 Å². The van der Waals surface area contributed by atoms with Crippen LogP contribution in [0.15, 0.2) is 59.1 Å². The van der Waals surface area contributed by atoms with Crippen molar-refractivity contribution in [2.75, 3.05) is 13.7 Å². The minimum Gasteiger partial charge on any atom is -0.512 e. The van der Waals surface area contributed by atoms with Crippen LogP contribution in [0.2, 0.25) is 0 Å². The first-order valence-corrected chi connectivity index (χ1v) is 11.7. The molecular formula is C28H34O5. The summed E-state index contributed by atoms with van der Waals surface area (Å²) in [6.07, 6.45) is 1.42. The van der Waals surface area contributed by atoms with Gasteiger partial charge in [-0.1, -0.05) is 31.2 Å². The molecule has 1 heterocycles. The highest BCUT2D eigenvalue weighted by Gasteiger charge is 2.46. The van der Waals surface area contributed by atoms with Crippen LogP contribution in [0.5, 0.6) is 5.75 Å². The molecule has 0 amide bonds. The lowest BCUT2D eigenvalue weighted by molar-refractivity contribution is -0.146. The predicted molar refractivity (Wildman–Crippen MR) is 129 cm³/mol. The van der Waals surface area contributed by atoms with Gasteiger partial charge in [0.25, 0.3) is 0 Å². The van der Waals surface area contributed by atoms with Crippen molar-refractivity contribution in [3.63, 3.8) is 0 Å². The molecule has 4 unspecified atom stereocenters. The van der Waals surface area contributed by atoms with Crippen LogP contribution >= 0.6 is 0 Å². The van der Waals surface area contributed by atoms with E-state index in [1.54, 1.807) is 7.11 Å². The summed E-state index contributed by atoms with van der Waals surface area (Å²) in [4.78, 5) is 12.8. The molecule has 2 aromatic carbocycles. The first-order valence-electron chi connectivity index (χ1n) is 11.7. The number of ether oxygens (including phenoxy) is 3. The molecule has 1 aliphatic carbocycles. The van der Waals surface area contributed by atoms with Gasteiger partial charge >= 0.3 is 5.97 Å². The lowest BCUT2D eigenvalue weighted by Crippen LogP contribution is -2.27. The largest absolute Gasteiger partial charge is 0.512 e. The van der Waals surface area contributed by atoms with Gasteiger partial charge in [0.1, 0.15) is 17.1 Å². The third-order valence-electron chi connectivity index (χ3n) is 7.50. The van der Waals surface area contributed by atoms with E-state index >= 15 is 0 Å². The molecule has 0 spiro atoms. The third-order valence-corrected chi connectivity index (χ3v) is 7.50. The SMILES string of the molecule is COc1ccc2cc(C(C)C(=O)OCCC3(C)CC4C(=C(C)C(C)=C(O)C4C)O3)ccc2c1. The van der Waals surface area contributed by atoms with Crippen LogP contribution in [0.3, 0.4) is 0 Å². The zero-order valence-corrected chi connectivity index (χ0v) is 20.4. The average Bonchev–Trinajstić information content (AvgIpc) is 3.17. The molecule has 2 aliphatic rings. The monoisotopic (exact) mass is 450 g/mol. The second kappa shape index (κ2) is 8.77. The average molecular weight is 451 g/mol. The molecule has 1 N–H and O–H groups in total. The molecule has 2 aromatic rings. The summed E-state index contributed by atoms with van der Waals surface area (Å²) in [6.45, 7) is 10.2. The fraction of sp³-hybridized carbons (Fsp3) is 0.464.